The van der Waals surface area contributed by atoms with Gasteiger partial charge < -0.3 is 24.2 Å². The van der Waals surface area contributed by atoms with Crippen molar-refractivity contribution in [2.75, 3.05) is 27.4 Å². The van der Waals surface area contributed by atoms with Gasteiger partial charge in [-0.15, -0.1) is 0 Å². The third kappa shape index (κ3) is 5.11. The third-order valence-corrected chi connectivity index (χ3v) is 6.11. The Bertz CT molecular complexity index is 1280. The molecule has 3 aromatic carbocycles. The van der Waals surface area contributed by atoms with E-state index >= 15 is 0 Å². The molecule has 7 nitrogen and oxygen atoms in total. The lowest BCUT2D eigenvalue weighted by Crippen LogP contribution is -2.31. The Labute approximate surface area is 210 Å². The van der Waals surface area contributed by atoms with E-state index in [1.807, 2.05) is 43.3 Å². The Morgan fingerprint density at radius 2 is 1.69 bits per heavy atom. The van der Waals surface area contributed by atoms with Gasteiger partial charge in [-0.05, 0) is 66.9 Å². The van der Waals surface area contributed by atoms with Gasteiger partial charge in [0.1, 0.15) is 23.0 Å². The number of aliphatic hydroxyl groups is 1. The largest absolute Gasteiger partial charge is 0.507 e. The molecule has 0 aliphatic carbocycles. The van der Waals surface area contributed by atoms with Gasteiger partial charge in [-0.2, -0.15) is 0 Å². The van der Waals surface area contributed by atoms with Gasteiger partial charge in [0.15, 0.2) is 0 Å². The van der Waals surface area contributed by atoms with Gasteiger partial charge in [-0.25, -0.2) is 0 Å². The van der Waals surface area contributed by atoms with Crippen molar-refractivity contribution in [3.8, 4) is 17.2 Å². The van der Waals surface area contributed by atoms with E-state index in [0.717, 1.165) is 5.56 Å². The zero-order chi connectivity index (χ0) is 25.7. The Kier molecular flexibility index (Phi) is 7.71. The average Bonchev–Trinajstić information content (AvgIpc) is 3.14. The van der Waals surface area contributed by atoms with Crippen molar-refractivity contribution >= 4 is 17.4 Å². The fraction of sp³-hybridized carbons (Fsp3) is 0.241. The van der Waals surface area contributed by atoms with Crippen LogP contribution >= 0.6 is 0 Å². The summed E-state index contributed by atoms with van der Waals surface area (Å²) in [6.07, 6.45) is 0.544. The maximum atomic E-state index is 13.2. The van der Waals surface area contributed by atoms with Crippen LogP contribution in [0.2, 0.25) is 0 Å². The lowest BCUT2D eigenvalue weighted by atomic mass is 9.94. The molecule has 1 amide bonds. The summed E-state index contributed by atoms with van der Waals surface area (Å²) in [5, 5.41) is 11.3. The monoisotopic (exact) mass is 487 g/mol. The van der Waals surface area contributed by atoms with Crippen LogP contribution in [0.4, 0.5) is 0 Å². The number of ketones is 1. The van der Waals surface area contributed by atoms with Crippen molar-refractivity contribution in [2.45, 2.75) is 19.4 Å². The van der Waals surface area contributed by atoms with Gasteiger partial charge in [0, 0.05) is 25.8 Å². The Morgan fingerprint density at radius 1 is 0.944 bits per heavy atom. The molecule has 0 saturated carbocycles. The number of aliphatic hydroxyl groups excluding tert-OH is 1. The molecule has 3 aromatic rings. The number of ether oxygens (including phenoxy) is 3. The Balaban J connectivity index is 1.79. The number of aryl methyl sites for hydroxylation is 1. The van der Waals surface area contributed by atoms with Gasteiger partial charge in [0.2, 0.25) is 0 Å². The van der Waals surface area contributed by atoms with Crippen LogP contribution in [0.5, 0.6) is 17.2 Å². The third-order valence-electron chi connectivity index (χ3n) is 6.11. The molecule has 186 valence electrons. The highest BCUT2D eigenvalue weighted by Gasteiger charge is 2.45. The maximum absolute atomic E-state index is 13.2. The number of carbonyl (C=O) groups excluding carboxylic acids is 2. The molecule has 0 bridgehead atoms. The van der Waals surface area contributed by atoms with Crippen molar-refractivity contribution in [1.82, 2.24) is 4.90 Å². The molecule has 4 rings (SSSR count). The first-order valence-corrected chi connectivity index (χ1v) is 11.7. The predicted octanol–water partition coefficient (Wildman–Crippen LogP) is 5.25. The van der Waals surface area contributed by atoms with Crippen molar-refractivity contribution in [3.63, 3.8) is 0 Å². The molecule has 0 unspecified atom stereocenters. The molecule has 0 radical (unpaired) electrons. The van der Waals surface area contributed by atoms with Crippen molar-refractivity contribution in [2.24, 2.45) is 0 Å². The highest BCUT2D eigenvalue weighted by atomic mass is 16.5. The summed E-state index contributed by atoms with van der Waals surface area (Å²) in [7, 11) is 3.15. The standard InChI is InChI=1S/C29H29NO6/c1-19-17-21(13-14-24(19)35-3)27(31)25-26(30(15-8-16-34-2)29(33)28(25)32)20-9-7-12-23(18-20)36-22-10-5-4-6-11-22/h4-7,9-14,17-18,26,31H,8,15-16H2,1-3H3/b27-25+/t26-/m1/s1. The van der Waals surface area contributed by atoms with Gasteiger partial charge in [0.25, 0.3) is 11.7 Å². The molecule has 1 fully saturated rings. The van der Waals surface area contributed by atoms with E-state index in [2.05, 4.69) is 0 Å². The van der Waals surface area contributed by atoms with Crippen LogP contribution in [0, 0.1) is 6.92 Å². The van der Waals surface area contributed by atoms with E-state index in [0.29, 0.717) is 47.9 Å². The number of nitrogens with zero attached hydrogens (tertiary/aromatic N) is 1. The zero-order valence-corrected chi connectivity index (χ0v) is 20.6. The summed E-state index contributed by atoms with van der Waals surface area (Å²) in [5.41, 5.74) is 1.93. The van der Waals surface area contributed by atoms with Crippen LogP contribution < -0.4 is 9.47 Å². The molecule has 1 aliphatic rings. The van der Waals surface area contributed by atoms with Crippen LogP contribution in [0.3, 0.4) is 0 Å². The molecule has 36 heavy (non-hydrogen) atoms. The predicted molar refractivity (Wildman–Crippen MR) is 136 cm³/mol. The molecular formula is C29H29NO6. The minimum absolute atomic E-state index is 0.0406. The van der Waals surface area contributed by atoms with Gasteiger partial charge >= 0.3 is 0 Å². The first-order valence-electron chi connectivity index (χ1n) is 11.7. The summed E-state index contributed by atoms with van der Waals surface area (Å²) in [4.78, 5) is 27.8. The van der Waals surface area contributed by atoms with Gasteiger partial charge in [0.05, 0.1) is 18.7 Å². The highest BCUT2D eigenvalue weighted by Crippen LogP contribution is 2.41. The number of benzene rings is 3. The number of amides is 1. The first kappa shape index (κ1) is 25.0. The molecular weight excluding hydrogens is 458 g/mol. The number of hydrogen-bond donors (Lipinski definition) is 1. The summed E-state index contributed by atoms with van der Waals surface area (Å²) in [5.74, 6) is 0.274. The number of rotatable bonds is 9. The number of carbonyl (C=O) groups is 2. The SMILES string of the molecule is COCCCN1C(=O)C(=O)/C(=C(/O)c2ccc(OC)c(C)c2)[C@H]1c1cccc(Oc2ccccc2)c1. The number of para-hydroxylation sites is 1. The molecule has 1 heterocycles. The molecule has 0 spiro atoms. The summed E-state index contributed by atoms with van der Waals surface area (Å²) in [6.45, 7) is 2.58. The molecule has 1 N–H and O–H groups in total. The molecule has 7 heteroatoms. The zero-order valence-electron chi connectivity index (χ0n) is 20.6. The van der Waals surface area contributed by atoms with Crippen LogP contribution in [0.25, 0.3) is 5.76 Å². The van der Waals surface area contributed by atoms with Crippen LogP contribution in [0.15, 0.2) is 78.4 Å². The molecule has 1 saturated heterocycles. The van der Waals surface area contributed by atoms with E-state index in [-0.39, 0.29) is 11.3 Å². The van der Waals surface area contributed by atoms with Crippen LogP contribution in [-0.4, -0.2) is 49.1 Å². The number of likely N-dealkylation sites (tertiary alicyclic amines) is 1. The smallest absolute Gasteiger partial charge is 0.295 e. The summed E-state index contributed by atoms with van der Waals surface area (Å²) in [6, 6.07) is 20.9. The van der Waals surface area contributed by atoms with Crippen molar-refractivity contribution in [1.29, 1.82) is 0 Å². The minimum Gasteiger partial charge on any atom is -0.507 e. The average molecular weight is 488 g/mol. The molecule has 1 atom stereocenters. The first-order chi connectivity index (χ1) is 17.4. The van der Waals surface area contributed by atoms with E-state index in [1.165, 1.54) is 4.90 Å². The summed E-state index contributed by atoms with van der Waals surface area (Å²) >= 11 is 0. The summed E-state index contributed by atoms with van der Waals surface area (Å²) < 4.78 is 16.5. The van der Waals surface area contributed by atoms with E-state index in [9.17, 15) is 14.7 Å². The number of methoxy groups -OCH3 is 2. The lowest BCUT2D eigenvalue weighted by Gasteiger charge is -2.25. The van der Waals surface area contributed by atoms with E-state index in [4.69, 9.17) is 14.2 Å². The van der Waals surface area contributed by atoms with E-state index in [1.54, 1.807) is 50.6 Å². The Morgan fingerprint density at radius 3 is 2.39 bits per heavy atom. The fourth-order valence-electron chi connectivity index (χ4n) is 4.39. The van der Waals surface area contributed by atoms with Crippen molar-refractivity contribution in [3.05, 3.63) is 95.1 Å². The highest BCUT2D eigenvalue weighted by molar-refractivity contribution is 6.46. The second-order valence-electron chi connectivity index (χ2n) is 8.51. The van der Waals surface area contributed by atoms with Crippen LogP contribution in [0.1, 0.15) is 29.2 Å². The lowest BCUT2D eigenvalue weighted by molar-refractivity contribution is -0.140. The van der Waals surface area contributed by atoms with E-state index < -0.39 is 17.7 Å². The normalized spacial score (nSPS) is 16.9. The Hall–Kier alpha value is -4.10. The van der Waals surface area contributed by atoms with Crippen molar-refractivity contribution < 1.29 is 28.9 Å². The second-order valence-corrected chi connectivity index (χ2v) is 8.51. The van der Waals surface area contributed by atoms with Gasteiger partial charge in [-0.3, -0.25) is 9.59 Å². The second kappa shape index (κ2) is 11.1. The topological polar surface area (TPSA) is 85.3 Å². The van der Waals surface area contributed by atoms with Crippen LogP contribution in [-0.2, 0) is 14.3 Å². The number of Topliss-reactive ketones (excluding diaryl/α,β-unsaturated/α-hetero) is 1. The maximum Gasteiger partial charge on any atom is 0.295 e. The molecule has 1 aliphatic heterocycles. The quantitative estimate of drug-likeness (QED) is 0.192. The number of hydrogen-bond acceptors (Lipinski definition) is 6. The molecule has 0 aromatic heterocycles. The fourth-order valence-corrected chi connectivity index (χ4v) is 4.39. The minimum atomic E-state index is -0.774. The van der Waals surface area contributed by atoms with Gasteiger partial charge in [-0.1, -0.05) is 30.3 Å².